The summed E-state index contributed by atoms with van der Waals surface area (Å²) in [6.45, 7) is 0.809. The van der Waals surface area contributed by atoms with E-state index in [-0.39, 0.29) is 11.1 Å². The monoisotopic (exact) mass is 319 g/mol. The summed E-state index contributed by atoms with van der Waals surface area (Å²) in [5.74, 6) is 1.38. The molecule has 4 nitrogen and oxygen atoms in total. The van der Waals surface area contributed by atoms with Gasteiger partial charge in [-0.25, -0.2) is 0 Å². The van der Waals surface area contributed by atoms with Gasteiger partial charge in [0.25, 0.3) is 0 Å². The summed E-state index contributed by atoms with van der Waals surface area (Å²) in [6.07, 6.45) is 6.82. The summed E-state index contributed by atoms with van der Waals surface area (Å²) >= 11 is 1.29. The van der Waals surface area contributed by atoms with Gasteiger partial charge in [-0.3, -0.25) is 10.2 Å². The standard InChI is InChI=1S/C17H25N3OS/c18-17(19)22-12-15-9-5-4-8-14(15)10-16(21)20-11-13-6-2-1-3-7-13/h4-5,8-9,13H,1-3,6-7,10-12H2,(H3,18,19)(H,20,21). The quantitative estimate of drug-likeness (QED) is 0.557. The highest BCUT2D eigenvalue weighted by Gasteiger charge is 2.15. The molecule has 1 aromatic carbocycles. The fraction of sp³-hybridized carbons (Fsp3) is 0.529. The maximum Gasteiger partial charge on any atom is 0.224 e. The summed E-state index contributed by atoms with van der Waals surface area (Å²) in [4.78, 5) is 12.2. The molecule has 1 aliphatic rings. The fourth-order valence-electron chi connectivity index (χ4n) is 2.91. The molecule has 0 heterocycles. The number of nitrogens with one attached hydrogen (secondary N) is 2. The van der Waals surface area contributed by atoms with Crippen LogP contribution in [0.3, 0.4) is 0 Å². The second-order valence-corrected chi connectivity index (χ2v) is 6.92. The highest BCUT2D eigenvalue weighted by atomic mass is 32.2. The van der Waals surface area contributed by atoms with Crippen LogP contribution < -0.4 is 11.1 Å². The minimum atomic E-state index is 0.0887. The zero-order valence-electron chi connectivity index (χ0n) is 12.9. The van der Waals surface area contributed by atoms with Crippen molar-refractivity contribution in [2.75, 3.05) is 6.54 Å². The van der Waals surface area contributed by atoms with Crippen molar-refractivity contribution >= 4 is 22.8 Å². The Hall–Kier alpha value is -1.49. The molecule has 0 radical (unpaired) electrons. The number of amides is 1. The van der Waals surface area contributed by atoms with Gasteiger partial charge in [0.15, 0.2) is 5.17 Å². The van der Waals surface area contributed by atoms with Crippen LogP contribution >= 0.6 is 11.8 Å². The number of hydrogen-bond donors (Lipinski definition) is 3. The van der Waals surface area contributed by atoms with E-state index in [1.165, 1.54) is 43.9 Å². The van der Waals surface area contributed by atoms with E-state index < -0.39 is 0 Å². The summed E-state index contributed by atoms with van der Waals surface area (Å²) < 4.78 is 0. The fourth-order valence-corrected chi connectivity index (χ4v) is 3.50. The Labute approximate surface area is 136 Å². The zero-order chi connectivity index (χ0) is 15.8. The number of rotatable bonds is 6. The molecule has 0 atom stereocenters. The molecular weight excluding hydrogens is 294 g/mol. The number of carbonyl (C=O) groups is 1. The Kier molecular flexibility index (Phi) is 6.77. The van der Waals surface area contributed by atoms with Crippen molar-refractivity contribution < 1.29 is 4.79 Å². The number of amidine groups is 1. The first-order chi connectivity index (χ1) is 10.6. The molecule has 2 rings (SSSR count). The molecule has 120 valence electrons. The predicted octanol–water partition coefficient (Wildman–Crippen LogP) is 3.05. The molecule has 1 saturated carbocycles. The second-order valence-electron chi connectivity index (χ2n) is 5.91. The Morgan fingerprint density at radius 3 is 2.59 bits per heavy atom. The van der Waals surface area contributed by atoms with Gasteiger partial charge in [0.05, 0.1) is 6.42 Å². The molecule has 1 aromatic rings. The third-order valence-electron chi connectivity index (χ3n) is 4.17. The summed E-state index contributed by atoms with van der Waals surface area (Å²) in [5, 5.41) is 10.5. The van der Waals surface area contributed by atoms with E-state index in [4.69, 9.17) is 11.1 Å². The van der Waals surface area contributed by atoms with Gasteiger partial charge in [-0.1, -0.05) is 55.3 Å². The zero-order valence-corrected chi connectivity index (χ0v) is 13.8. The number of hydrogen-bond acceptors (Lipinski definition) is 3. The van der Waals surface area contributed by atoms with Crippen LogP contribution in [0.2, 0.25) is 0 Å². The molecule has 22 heavy (non-hydrogen) atoms. The first-order valence-electron chi connectivity index (χ1n) is 7.95. The van der Waals surface area contributed by atoms with Gasteiger partial charge in [-0.2, -0.15) is 0 Å². The minimum Gasteiger partial charge on any atom is -0.379 e. The lowest BCUT2D eigenvalue weighted by molar-refractivity contribution is -0.120. The van der Waals surface area contributed by atoms with E-state index in [1.807, 2.05) is 24.3 Å². The maximum atomic E-state index is 12.2. The predicted molar refractivity (Wildman–Crippen MR) is 92.9 cm³/mol. The van der Waals surface area contributed by atoms with Gasteiger partial charge < -0.3 is 11.1 Å². The first kappa shape index (κ1) is 16.9. The van der Waals surface area contributed by atoms with Gasteiger partial charge >= 0.3 is 0 Å². The lowest BCUT2D eigenvalue weighted by Crippen LogP contribution is -2.31. The molecule has 1 fully saturated rings. The Morgan fingerprint density at radius 1 is 1.23 bits per heavy atom. The molecule has 4 N–H and O–H groups in total. The lowest BCUT2D eigenvalue weighted by Gasteiger charge is -2.21. The Balaban J connectivity index is 1.83. The van der Waals surface area contributed by atoms with E-state index in [0.717, 1.165) is 17.7 Å². The number of nitrogens with two attached hydrogens (primary N) is 1. The molecule has 1 amide bonds. The Bertz CT molecular complexity index is 512. The van der Waals surface area contributed by atoms with Crippen molar-refractivity contribution in [1.82, 2.24) is 5.32 Å². The SMILES string of the molecule is N=C(N)SCc1ccccc1CC(=O)NCC1CCCCC1. The van der Waals surface area contributed by atoms with Crippen molar-refractivity contribution in [1.29, 1.82) is 5.41 Å². The van der Waals surface area contributed by atoms with Crippen molar-refractivity contribution in [2.24, 2.45) is 11.7 Å². The molecule has 5 heteroatoms. The van der Waals surface area contributed by atoms with Crippen molar-refractivity contribution in [3.63, 3.8) is 0 Å². The van der Waals surface area contributed by atoms with Crippen LogP contribution in [0.4, 0.5) is 0 Å². The van der Waals surface area contributed by atoms with Crippen molar-refractivity contribution in [3.05, 3.63) is 35.4 Å². The van der Waals surface area contributed by atoms with Gasteiger partial charge in [0.2, 0.25) is 5.91 Å². The van der Waals surface area contributed by atoms with Crippen LogP contribution in [-0.4, -0.2) is 17.6 Å². The smallest absolute Gasteiger partial charge is 0.224 e. The molecule has 0 aromatic heterocycles. The van der Waals surface area contributed by atoms with Crippen LogP contribution in [0.25, 0.3) is 0 Å². The molecule has 0 spiro atoms. The van der Waals surface area contributed by atoms with E-state index >= 15 is 0 Å². The van der Waals surface area contributed by atoms with Gasteiger partial charge in [0, 0.05) is 12.3 Å². The molecule has 0 saturated heterocycles. The van der Waals surface area contributed by atoms with Crippen LogP contribution in [0.15, 0.2) is 24.3 Å². The van der Waals surface area contributed by atoms with E-state index in [1.54, 1.807) is 0 Å². The van der Waals surface area contributed by atoms with Crippen LogP contribution in [0.1, 0.15) is 43.2 Å². The number of carbonyl (C=O) groups excluding carboxylic acids is 1. The normalized spacial score (nSPS) is 15.5. The van der Waals surface area contributed by atoms with Gasteiger partial charge in [-0.15, -0.1) is 0 Å². The molecular formula is C17H25N3OS. The third-order valence-corrected chi connectivity index (χ3v) is 4.93. The maximum absolute atomic E-state index is 12.2. The van der Waals surface area contributed by atoms with E-state index in [2.05, 4.69) is 5.32 Å². The highest BCUT2D eigenvalue weighted by Crippen LogP contribution is 2.23. The topological polar surface area (TPSA) is 79.0 Å². The van der Waals surface area contributed by atoms with Crippen LogP contribution in [0, 0.1) is 11.3 Å². The highest BCUT2D eigenvalue weighted by molar-refractivity contribution is 8.13. The third kappa shape index (κ3) is 5.72. The molecule has 0 bridgehead atoms. The second kappa shape index (κ2) is 8.83. The largest absolute Gasteiger partial charge is 0.379 e. The average Bonchev–Trinajstić information content (AvgIpc) is 2.53. The van der Waals surface area contributed by atoms with E-state index in [9.17, 15) is 4.79 Å². The summed E-state index contributed by atoms with van der Waals surface area (Å²) in [5.41, 5.74) is 7.49. The minimum absolute atomic E-state index is 0.0887. The van der Waals surface area contributed by atoms with Crippen LogP contribution in [-0.2, 0) is 17.0 Å². The van der Waals surface area contributed by atoms with Gasteiger partial charge in [0.1, 0.15) is 0 Å². The first-order valence-corrected chi connectivity index (χ1v) is 8.94. The lowest BCUT2D eigenvalue weighted by atomic mass is 9.89. The molecule has 1 aliphatic carbocycles. The summed E-state index contributed by atoms with van der Waals surface area (Å²) in [7, 11) is 0. The van der Waals surface area contributed by atoms with E-state index in [0.29, 0.717) is 18.1 Å². The molecule has 0 aliphatic heterocycles. The van der Waals surface area contributed by atoms with Crippen molar-refractivity contribution in [2.45, 2.75) is 44.3 Å². The van der Waals surface area contributed by atoms with Gasteiger partial charge in [-0.05, 0) is 29.9 Å². The average molecular weight is 319 g/mol. The number of thioether (sulfide) groups is 1. The number of benzene rings is 1. The Morgan fingerprint density at radius 2 is 1.91 bits per heavy atom. The summed E-state index contributed by atoms with van der Waals surface area (Å²) in [6, 6.07) is 7.89. The van der Waals surface area contributed by atoms with Crippen LogP contribution in [0.5, 0.6) is 0 Å². The molecule has 0 unspecified atom stereocenters. The van der Waals surface area contributed by atoms with Crippen molar-refractivity contribution in [3.8, 4) is 0 Å².